The van der Waals surface area contributed by atoms with Crippen molar-refractivity contribution in [1.29, 1.82) is 0 Å². The number of nitrogens with zero attached hydrogens (tertiary/aromatic N) is 1. The van der Waals surface area contributed by atoms with Crippen LogP contribution in [0.4, 0.5) is 0 Å². The van der Waals surface area contributed by atoms with Gasteiger partial charge in [0.2, 0.25) is 0 Å². The summed E-state index contributed by atoms with van der Waals surface area (Å²) in [6.45, 7) is 5.30. The Morgan fingerprint density at radius 1 is 1.06 bits per heavy atom. The fourth-order valence-corrected chi connectivity index (χ4v) is 4.67. The SMILES string of the molecule is C#[N+][I-]C1CCC(C2C=CC(N)CC2)CC1. The molecule has 90 valence electrons. The van der Waals surface area contributed by atoms with Crippen LogP contribution < -0.4 is 27.2 Å². The van der Waals surface area contributed by atoms with Gasteiger partial charge in [-0.1, -0.05) is 0 Å². The maximum absolute atomic E-state index is 5.88. The van der Waals surface area contributed by atoms with Crippen LogP contribution in [-0.2, 0) is 0 Å². The summed E-state index contributed by atoms with van der Waals surface area (Å²) in [5.41, 5.74) is 5.88. The third-order valence-electron chi connectivity index (χ3n) is 3.94. The number of nitrogens with two attached hydrogens (primary N) is 1. The predicted molar refractivity (Wildman–Crippen MR) is 63.9 cm³/mol. The molecule has 0 aromatic heterocycles. The third-order valence-corrected chi connectivity index (χ3v) is 6.30. The van der Waals surface area contributed by atoms with Crippen molar-refractivity contribution < 1.29 is 21.5 Å². The second-order valence-corrected chi connectivity index (χ2v) is 7.87. The quantitative estimate of drug-likeness (QED) is 0.424. The Labute approximate surface area is 109 Å². The van der Waals surface area contributed by atoms with E-state index in [4.69, 9.17) is 12.3 Å². The summed E-state index contributed by atoms with van der Waals surface area (Å²) < 4.78 is 4.74. The van der Waals surface area contributed by atoms with Gasteiger partial charge in [-0.2, -0.15) is 0 Å². The second-order valence-electron chi connectivity index (χ2n) is 5.00. The van der Waals surface area contributed by atoms with Crippen molar-refractivity contribution in [2.24, 2.45) is 17.6 Å². The Morgan fingerprint density at radius 2 is 1.81 bits per heavy atom. The van der Waals surface area contributed by atoms with E-state index >= 15 is 0 Å². The molecule has 0 spiro atoms. The first-order chi connectivity index (χ1) is 7.79. The van der Waals surface area contributed by atoms with Crippen LogP contribution in [0.5, 0.6) is 0 Å². The summed E-state index contributed by atoms with van der Waals surface area (Å²) >= 11 is -0.0738. The van der Waals surface area contributed by atoms with Gasteiger partial charge in [0.15, 0.2) is 0 Å². The molecule has 0 aromatic rings. The molecule has 3 heteroatoms. The Morgan fingerprint density at radius 3 is 2.38 bits per heavy atom. The first-order valence-corrected chi connectivity index (χ1v) is 8.47. The van der Waals surface area contributed by atoms with E-state index < -0.39 is 0 Å². The summed E-state index contributed by atoms with van der Waals surface area (Å²) in [5.74, 6) is 1.70. The molecular weight excluding hydrogens is 311 g/mol. The number of halogens is 1. The van der Waals surface area contributed by atoms with Gasteiger partial charge < -0.3 is 0 Å². The molecule has 0 aromatic carbocycles. The Hall–Kier alpha value is -0.0800. The summed E-state index contributed by atoms with van der Waals surface area (Å²) in [6, 6.07) is 0.314. The summed E-state index contributed by atoms with van der Waals surface area (Å²) in [5, 5.41) is 0. The number of hydrogen-bond acceptors (Lipinski definition) is 1. The molecule has 2 aliphatic carbocycles. The van der Waals surface area contributed by atoms with Crippen molar-refractivity contribution in [2.45, 2.75) is 48.5 Å². The fraction of sp³-hybridized carbons (Fsp3) is 0.769. The molecule has 1 fully saturated rings. The Bertz CT molecular complexity index is 287. The molecule has 0 heterocycles. The molecular formula is C13H21IN2. The molecule has 2 atom stereocenters. The van der Waals surface area contributed by atoms with Crippen LogP contribution in [0.2, 0.25) is 0 Å². The normalized spacial score (nSPS) is 39.5. The maximum atomic E-state index is 5.88. The molecule has 2 aliphatic rings. The number of hydrogen-bond donors (Lipinski definition) is 1. The van der Waals surface area contributed by atoms with Crippen molar-refractivity contribution >= 4 is 0 Å². The molecule has 16 heavy (non-hydrogen) atoms. The minimum atomic E-state index is -0.0738. The van der Waals surface area contributed by atoms with E-state index in [0.717, 1.165) is 15.8 Å². The van der Waals surface area contributed by atoms with Gasteiger partial charge in [0.1, 0.15) is 0 Å². The average Bonchev–Trinajstić information content (AvgIpc) is 2.32. The number of allylic oxidation sites excluding steroid dienone is 1. The van der Waals surface area contributed by atoms with Gasteiger partial charge in [0.05, 0.1) is 0 Å². The van der Waals surface area contributed by atoms with E-state index in [1.807, 2.05) is 0 Å². The number of rotatable bonds is 2. The van der Waals surface area contributed by atoms with Gasteiger partial charge in [-0.15, -0.1) is 0 Å². The summed E-state index contributed by atoms with van der Waals surface area (Å²) in [6.07, 6.45) is 12.5. The van der Waals surface area contributed by atoms with E-state index in [1.54, 1.807) is 0 Å². The number of alkyl halides is 1. The third kappa shape index (κ3) is 3.21. The van der Waals surface area contributed by atoms with E-state index in [-0.39, 0.29) is 21.5 Å². The van der Waals surface area contributed by atoms with Gasteiger partial charge in [0.25, 0.3) is 0 Å². The molecule has 0 aliphatic heterocycles. The molecule has 2 nitrogen and oxygen atoms in total. The zero-order valence-electron chi connectivity index (χ0n) is 9.69. The van der Waals surface area contributed by atoms with Crippen LogP contribution in [-0.4, -0.2) is 9.97 Å². The molecule has 2 N–H and O–H groups in total. The predicted octanol–water partition coefficient (Wildman–Crippen LogP) is -0.195. The van der Waals surface area contributed by atoms with Gasteiger partial charge in [-0.05, 0) is 0 Å². The second kappa shape index (κ2) is 6.02. The molecule has 0 saturated heterocycles. The Kier molecular flexibility index (Phi) is 4.66. The topological polar surface area (TPSA) is 30.4 Å². The molecule has 2 unspecified atom stereocenters. The first kappa shape index (κ1) is 12.4. The van der Waals surface area contributed by atoms with Crippen LogP contribution in [0.1, 0.15) is 38.5 Å². The van der Waals surface area contributed by atoms with E-state index in [1.165, 1.54) is 38.5 Å². The first-order valence-electron chi connectivity index (χ1n) is 6.26. The van der Waals surface area contributed by atoms with Gasteiger partial charge in [-0.3, -0.25) is 0 Å². The molecule has 2 rings (SSSR count). The summed E-state index contributed by atoms with van der Waals surface area (Å²) in [4.78, 5) is 0. The van der Waals surface area contributed by atoms with Gasteiger partial charge in [-0.25, -0.2) is 0 Å². The fourth-order valence-electron chi connectivity index (χ4n) is 2.94. The van der Waals surface area contributed by atoms with Crippen molar-refractivity contribution in [1.82, 2.24) is 0 Å². The van der Waals surface area contributed by atoms with E-state index in [9.17, 15) is 0 Å². The molecule has 0 amide bonds. The van der Waals surface area contributed by atoms with Crippen molar-refractivity contribution in [3.63, 3.8) is 0 Å². The van der Waals surface area contributed by atoms with E-state index in [0.29, 0.717) is 6.04 Å². The molecule has 1 saturated carbocycles. The monoisotopic (exact) mass is 332 g/mol. The van der Waals surface area contributed by atoms with Crippen LogP contribution >= 0.6 is 0 Å². The zero-order chi connectivity index (χ0) is 11.4. The van der Waals surface area contributed by atoms with Crippen molar-refractivity contribution in [3.05, 3.63) is 15.2 Å². The minimum absolute atomic E-state index is 0.0738. The molecule has 0 radical (unpaired) electrons. The Balaban J connectivity index is 1.81. The van der Waals surface area contributed by atoms with E-state index in [2.05, 4.69) is 15.2 Å². The average molecular weight is 332 g/mol. The van der Waals surface area contributed by atoms with Crippen molar-refractivity contribution in [3.8, 4) is 6.57 Å². The summed E-state index contributed by atoms with van der Waals surface area (Å²) in [7, 11) is 0. The van der Waals surface area contributed by atoms with Gasteiger partial charge >= 0.3 is 109 Å². The standard InChI is InChI=1S/C13H21IN2/c1-16-14-12-6-2-10(3-7-12)11-4-8-13(15)9-5-11/h1,4,8,10-13H,2-3,5-7,9,15H2. The van der Waals surface area contributed by atoms with Crippen molar-refractivity contribution in [2.75, 3.05) is 0 Å². The van der Waals surface area contributed by atoms with Gasteiger partial charge in [0, 0.05) is 0 Å². The zero-order valence-corrected chi connectivity index (χ0v) is 11.8. The van der Waals surface area contributed by atoms with Crippen LogP contribution in [0.3, 0.4) is 0 Å². The molecule has 0 bridgehead atoms. The van der Waals surface area contributed by atoms with Crippen LogP contribution in [0.25, 0.3) is 3.06 Å². The van der Waals surface area contributed by atoms with Crippen LogP contribution in [0.15, 0.2) is 12.2 Å². The van der Waals surface area contributed by atoms with Crippen LogP contribution in [0, 0.1) is 18.4 Å².